The van der Waals surface area contributed by atoms with E-state index in [-0.39, 0.29) is 0 Å². The van der Waals surface area contributed by atoms with Gasteiger partial charge in [0.2, 0.25) is 0 Å². The van der Waals surface area contributed by atoms with E-state index in [4.69, 9.17) is 4.42 Å². The first kappa shape index (κ1) is 10.5. The van der Waals surface area contributed by atoms with Crippen LogP contribution in [0.2, 0.25) is 0 Å². The topological polar surface area (TPSA) is 38.9 Å². The van der Waals surface area contributed by atoms with Gasteiger partial charge in [-0.1, -0.05) is 30.3 Å². The van der Waals surface area contributed by atoms with Gasteiger partial charge in [0.05, 0.1) is 5.69 Å². The Labute approximate surface area is 109 Å². The van der Waals surface area contributed by atoms with Crippen molar-refractivity contribution < 1.29 is 4.42 Å². The fourth-order valence-corrected chi connectivity index (χ4v) is 2.65. The van der Waals surface area contributed by atoms with Crippen molar-refractivity contribution in [2.75, 3.05) is 0 Å². The van der Waals surface area contributed by atoms with Gasteiger partial charge in [0.15, 0.2) is 5.58 Å². The van der Waals surface area contributed by atoms with E-state index in [0.29, 0.717) is 0 Å². The number of benzene rings is 2. The molecule has 0 fully saturated rings. The molecule has 19 heavy (non-hydrogen) atoms. The minimum absolute atomic E-state index is 0.779. The van der Waals surface area contributed by atoms with E-state index in [1.165, 1.54) is 5.39 Å². The third kappa shape index (κ3) is 1.38. The molecule has 0 N–H and O–H groups in total. The molecule has 3 nitrogen and oxygen atoms in total. The van der Waals surface area contributed by atoms with E-state index in [0.717, 1.165) is 39.0 Å². The molecule has 2 aromatic heterocycles. The van der Waals surface area contributed by atoms with E-state index in [1.54, 1.807) is 0 Å². The Kier molecular flexibility index (Phi) is 1.96. The first-order valence-electron chi connectivity index (χ1n) is 6.29. The molecule has 0 radical (unpaired) electrons. The van der Waals surface area contributed by atoms with Crippen molar-refractivity contribution in [2.45, 2.75) is 13.8 Å². The van der Waals surface area contributed by atoms with E-state index in [1.807, 2.05) is 26.0 Å². The molecule has 0 unspecified atom stereocenters. The van der Waals surface area contributed by atoms with Gasteiger partial charge in [-0.25, -0.2) is 9.97 Å². The monoisotopic (exact) mass is 248 g/mol. The molecule has 0 bridgehead atoms. The van der Waals surface area contributed by atoms with Crippen LogP contribution in [0.25, 0.3) is 32.8 Å². The molecular weight excluding hydrogens is 236 g/mol. The van der Waals surface area contributed by atoms with Crippen LogP contribution >= 0.6 is 0 Å². The number of aryl methyl sites for hydroxylation is 2. The second-order valence-electron chi connectivity index (χ2n) is 4.80. The summed E-state index contributed by atoms with van der Waals surface area (Å²) < 4.78 is 6.03. The Bertz CT molecular complexity index is 938. The Balaban J connectivity index is 2.31. The average Bonchev–Trinajstić information content (AvgIpc) is 2.78. The van der Waals surface area contributed by atoms with Crippen molar-refractivity contribution in [2.24, 2.45) is 0 Å². The second kappa shape index (κ2) is 3.54. The highest BCUT2D eigenvalue weighted by atomic mass is 16.3. The zero-order valence-electron chi connectivity index (χ0n) is 10.8. The number of furan rings is 1. The molecule has 0 amide bonds. The van der Waals surface area contributed by atoms with Crippen LogP contribution in [0.5, 0.6) is 0 Å². The van der Waals surface area contributed by atoms with Crippen molar-refractivity contribution in [1.82, 2.24) is 9.97 Å². The van der Waals surface area contributed by atoms with E-state index in [2.05, 4.69) is 34.2 Å². The third-order valence-electron chi connectivity index (χ3n) is 3.49. The molecule has 0 spiro atoms. The smallest absolute Gasteiger partial charge is 0.175 e. The summed E-state index contributed by atoms with van der Waals surface area (Å²) in [6.45, 7) is 3.87. The highest BCUT2D eigenvalue weighted by Gasteiger charge is 2.13. The molecular formula is C16H12N2O. The zero-order chi connectivity index (χ0) is 13.0. The zero-order valence-corrected chi connectivity index (χ0v) is 10.8. The van der Waals surface area contributed by atoms with E-state index in [9.17, 15) is 0 Å². The fourth-order valence-electron chi connectivity index (χ4n) is 2.65. The number of aromatic nitrogens is 2. The highest BCUT2D eigenvalue weighted by Crippen LogP contribution is 2.33. The minimum atomic E-state index is 0.779. The molecule has 3 heteroatoms. The van der Waals surface area contributed by atoms with Crippen LogP contribution in [0.1, 0.15) is 11.5 Å². The summed E-state index contributed by atoms with van der Waals surface area (Å²) in [5.74, 6) is 0.779. The SMILES string of the molecule is Cc1nc(C)c2oc3c4ccccc4ccc3c2n1. The molecule has 0 saturated heterocycles. The molecule has 0 aliphatic rings. The molecule has 92 valence electrons. The van der Waals surface area contributed by atoms with Crippen molar-refractivity contribution in [3.63, 3.8) is 0 Å². The number of fused-ring (bicyclic) bond motifs is 5. The van der Waals surface area contributed by atoms with Gasteiger partial charge >= 0.3 is 0 Å². The number of hydrogen-bond donors (Lipinski definition) is 0. The Morgan fingerprint density at radius 1 is 0.842 bits per heavy atom. The van der Waals surface area contributed by atoms with Gasteiger partial charge in [-0.2, -0.15) is 0 Å². The molecule has 0 saturated carbocycles. The van der Waals surface area contributed by atoms with Crippen LogP contribution in [-0.2, 0) is 0 Å². The molecule has 2 heterocycles. The molecule has 4 rings (SSSR count). The van der Waals surface area contributed by atoms with Crippen molar-refractivity contribution >= 4 is 32.8 Å². The predicted molar refractivity (Wildman–Crippen MR) is 76.3 cm³/mol. The number of hydrogen-bond acceptors (Lipinski definition) is 3. The maximum Gasteiger partial charge on any atom is 0.175 e. The fraction of sp³-hybridized carbons (Fsp3) is 0.125. The number of nitrogens with zero attached hydrogens (tertiary/aromatic N) is 2. The summed E-state index contributed by atoms with van der Waals surface area (Å²) in [5.41, 5.74) is 3.49. The van der Waals surface area contributed by atoms with Gasteiger partial charge in [0.1, 0.15) is 16.9 Å². The molecule has 0 aliphatic heterocycles. The lowest BCUT2D eigenvalue weighted by atomic mass is 10.1. The molecule has 0 aliphatic carbocycles. The Morgan fingerprint density at radius 2 is 1.68 bits per heavy atom. The largest absolute Gasteiger partial charge is 0.452 e. The number of rotatable bonds is 0. The van der Waals surface area contributed by atoms with Crippen LogP contribution in [-0.4, -0.2) is 9.97 Å². The van der Waals surface area contributed by atoms with Crippen molar-refractivity contribution in [3.05, 3.63) is 47.9 Å². The van der Waals surface area contributed by atoms with Crippen LogP contribution in [0.4, 0.5) is 0 Å². The maximum atomic E-state index is 6.03. The van der Waals surface area contributed by atoms with Crippen molar-refractivity contribution in [1.29, 1.82) is 0 Å². The summed E-state index contributed by atoms with van der Waals surface area (Å²) in [7, 11) is 0. The summed E-state index contributed by atoms with van der Waals surface area (Å²) in [6.07, 6.45) is 0. The lowest BCUT2D eigenvalue weighted by Gasteiger charge is -1.97. The first-order chi connectivity index (χ1) is 9.24. The van der Waals surface area contributed by atoms with Crippen LogP contribution in [0.3, 0.4) is 0 Å². The summed E-state index contributed by atoms with van der Waals surface area (Å²) >= 11 is 0. The summed E-state index contributed by atoms with van der Waals surface area (Å²) in [6, 6.07) is 12.4. The van der Waals surface area contributed by atoms with Crippen LogP contribution < -0.4 is 0 Å². The predicted octanol–water partition coefficient (Wildman–Crippen LogP) is 4.15. The van der Waals surface area contributed by atoms with Gasteiger partial charge in [-0.15, -0.1) is 0 Å². The van der Waals surface area contributed by atoms with E-state index >= 15 is 0 Å². The second-order valence-corrected chi connectivity index (χ2v) is 4.80. The highest BCUT2D eigenvalue weighted by molar-refractivity contribution is 6.13. The first-order valence-corrected chi connectivity index (χ1v) is 6.29. The Hall–Kier alpha value is -2.42. The average molecular weight is 248 g/mol. The van der Waals surface area contributed by atoms with Gasteiger partial charge in [0.25, 0.3) is 0 Å². The van der Waals surface area contributed by atoms with Gasteiger partial charge < -0.3 is 4.42 Å². The quantitative estimate of drug-likeness (QED) is 0.469. The third-order valence-corrected chi connectivity index (χ3v) is 3.49. The minimum Gasteiger partial charge on any atom is -0.452 e. The van der Waals surface area contributed by atoms with Crippen molar-refractivity contribution in [3.8, 4) is 0 Å². The molecule has 2 aromatic carbocycles. The normalized spacial score (nSPS) is 11.7. The summed E-state index contributed by atoms with van der Waals surface area (Å²) in [5, 5.41) is 3.36. The maximum absolute atomic E-state index is 6.03. The van der Waals surface area contributed by atoms with Crippen LogP contribution in [0.15, 0.2) is 40.8 Å². The Morgan fingerprint density at radius 3 is 2.58 bits per heavy atom. The van der Waals surface area contributed by atoms with Gasteiger partial charge in [-0.05, 0) is 25.3 Å². The van der Waals surface area contributed by atoms with Crippen LogP contribution in [0, 0.1) is 13.8 Å². The standard InChI is InChI=1S/C16H12N2O/c1-9-15-14(18-10(2)17-9)13-8-7-11-5-3-4-6-12(11)16(13)19-15/h3-8H,1-2H3. The van der Waals surface area contributed by atoms with Gasteiger partial charge in [-0.3, -0.25) is 0 Å². The molecule has 0 atom stereocenters. The van der Waals surface area contributed by atoms with E-state index < -0.39 is 0 Å². The summed E-state index contributed by atoms with van der Waals surface area (Å²) in [4.78, 5) is 8.90. The lowest BCUT2D eigenvalue weighted by Crippen LogP contribution is -1.90. The van der Waals surface area contributed by atoms with Gasteiger partial charge in [0, 0.05) is 10.8 Å². The lowest BCUT2D eigenvalue weighted by molar-refractivity contribution is 0.664. The molecule has 4 aromatic rings.